The van der Waals surface area contributed by atoms with Gasteiger partial charge in [-0.2, -0.15) is 0 Å². The van der Waals surface area contributed by atoms with Gasteiger partial charge in [0.2, 0.25) is 5.91 Å². The van der Waals surface area contributed by atoms with Gasteiger partial charge in [-0.15, -0.1) is 0 Å². The van der Waals surface area contributed by atoms with Crippen molar-refractivity contribution in [3.05, 3.63) is 29.8 Å². The molecule has 1 saturated heterocycles. The first-order valence-electron chi connectivity index (χ1n) is 7.56. The molecule has 1 fully saturated rings. The molecule has 1 aliphatic heterocycles. The van der Waals surface area contributed by atoms with Crippen LogP contribution in [-0.2, 0) is 16.0 Å². The molecule has 0 aromatic heterocycles. The molecule has 116 valence electrons. The van der Waals surface area contributed by atoms with Gasteiger partial charge in [-0.3, -0.25) is 4.79 Å². The Labute approximate surface area is 125 Å². The summed E-state index contributed by atoms with van der Waals surface area (Å²) in [4.78, 5) is 12.3. The van der Waals surface area contributed by atoms with E-state index in [1.807, 2.05) is 24.3 Å². The van der Waals surface area contributed by atoms with E-state index in [0.717, 1.165) is 24.2 Å². The van der Waals surface area contributed by atoms with Gasteiger partial charge in [-0.1, -0.05) is 19.1 Å². The Morgan fingerprint density at radius 3 is 2.76 bits per heavy atom. The van der Waals surface area contributed by atoms with Gasteiger partial charge in [-0.05, 0) is 37.1 Å². The molecule has 1 aliphatic rings. The van der Waals surface area contributed by atoms with Crippen molar-refractivity contribution in [2.24, 2.45) is 5.92 Å². The molecular formula is C16H24N2O3. The molecule has 21 heavy (non-hydrogen) atoms. The van der Waals surface area contributed by atoms with Crippen LogP contribution in [0.5, 0.6) is 0 Å². The average molecular weight is 292 g/mol. The summed E-state index contributed by atoms with van der Waals surface area (Å²) in [5.41, 5.74) is 1.84. The van der Waals surface area contributed by atoms with Crippen molar-refractivity contribution in [3.8, 4) is 0 Å². The zero-order chi connectivity index (χ0) is 15.1. The van der Waals surface area contributed by atoms with Crippen LogP contribution >= 0.6 is 0 Å². The Hall–Kier alpha value is -1.43. The number of nitrogens with one attached hydrogen (secondary N) is 2. The van der Waals surface area contributed by atoms with E-state index in [9.17, 15) is 4.79 Å². The van der Waals surface area contributed by atoms with Crippen molar-refractivity contribution in [2.45, 2.75) is 25.8 Å². The van der Waals surface area contributed by atoms with Crippen LogP contribution in [0.1, 0.15) is 18.9 Å². The molecule has 1 aromatic rings. The van der Waals surface area contributed by atoms with Crippen molar-refractivity contribution in [3.63, 3.8) is 0 Å². The highest BCUT2D eigenvalue weighted by atomic mass is 16.5. The Bertz CT molecular complexity index is 447. The number of anilines is 1. The molecular weight excluding hydrogens is 268 g/mol. The standard InChI is InChI=1S/C16H24N2O3/c1-2-8-17-15-11-21-10-14(15)16(20)18-13-5-3-12(4-6-13)7-9-19/h3-6,14-15,17,19H,2,7-11H2,1H3,(H,18,20). The maximum atomic E-state index is 12.3. The van der Waals surface area contributed by atoms with Gasteiger partial charge in [0.25, 0.3) is 0 Å². The van der Waals surface area contributed by atoms with Gasteiger partial charge >= 0.3 is 0 Å². The van der Waals surface area contributed by atoms with Gasteiger partial charge in [0.05, 0.1) is 19.1 Å². The second-order valence-electron chi connectivity index (χ2n) is 5.36. The molecule has 5 heteroatoms. The molecule has 0 bridgehead atoms. The van der Waals surface area contributed by atoms with Crippen LogP contribution in [0.4, 0.5) is 5.69 Å². The van der Waals surface area contributed by atoms with E-state index >= 15 is 0 Å². The molecule has 0 aliphatic carbocycles. The lowest BCUT2D eigenvalue weighted by molar-refractivity contribution is -0.120. The van der Waals surface area contributed by atoms with E-state index in [0.29, 0.717) is 19.6 Å². The third-order valence-corrected chi connectivity index (χ3v) is 3.70. The zero-order valence-electron chi connectivity index (χ0n) is 12.5. The Morgan fingerprint density at radius 2 is 2.10 bits per heavy atom. The fourth-order valence-electron chi connectivity index (χ4n) is 2.46. The van der Waals surface area contributed by atoms with Crippen LogP contribution in [0.25, 0.3) is 0 Å². The topological polar surface area (TPSA) is 70.6 Å². The van der Waals surface area contributed by atoms with Gasteiger partial charge in [0, 0.05) is 18.3 Å². The van der Waals surface area contributed by atoms with Gasteiger partial charge in [0.1, 0.15) is 0 Å². The summed E-state index contributed by atoms with van der Waals surface area (Å²) in [5, 5.41) is 15.2. The second-order valence-corrected chi connectivity index (χ2v) is 5.36. The zero-order valence-corrected chi connectivity index (χ0v) is 12.5. The fraction of sp³-hybridized carbons (Fsp3) is 0.562. The van der Waals surface area contributed by atoms with E-state index < -0.39 is 0 Å². The van der Waals surface area contributed by atoms with Crippen LogP contribution in [0.3, 0.4) is 0 Å². The molecule has 0 spiro atoms. The first-order chi connectivity index (χ1) is 10.2. The maximum absolute atomic E-state index is 12.3. The fourth-order valence-corrected chi connectivity index (χ4v) is 2.46. The van der Waals surface area contributed by atoms with Crippen molar-refractivity contribution in [1.82, 2.24) is 5.32 Å². The van der Waals surface area contributed by atoms with Gasteiger partial charge < -0.3 is 20.5 Å². The van der Waals surface area contributed by atoms with Crippen LogP contribution in [0.2, 0.25) is 0 Å². The molecule has 5 nitrogen and oxygen atoms in total. The number of aliphatic hydroxyl groups is 1. The summed E-state index contributed by atoms with van der Waals surface area (Å²) >= 11 is 0. The SMILES string of the molecule is CCCNC1COCC1C(=O)Nc1ccc(CCO)cc1. The molecule has 1 aromatic carbocycles. The van der Waals surface area contributed by atoms with Crippen LogP contribution < -0.4 is 10.6 Å². The van der Waals surface area contributed by atoms with Gasteiger partial charge in [-0.25, -0.2) is 0 Å². The molecule has 1 amide bonds. The number of rotatable bonds is 7. The van der Waals surface area contributed by atoms with Crippen LogP contribution in [0.15, 0.2) is 24.3 Å². The number of ether oxygens (including phenoxy) is 1. The lowest BCUT2D eigenvalue weighted by Gasteiger charge is -2.18. The molecule has 0 saturated carbocycles. The largest absolute Gasteiger partial charge is 0.396 e. The predicted molar refractivity (Wildman–Crippen MR) is 82.3 cm³/mol. The summed E-state index contributed by atoms with van der Waals surface area (Å²) in [7, 11) is 0. The highest BCUT2D eigenvalue weighted by Crippen LogP contribution is 2.17. The summed E-state index contributed by atoms with van der Waals surface area (Å²) in [6.45, 7) is 4.19. The Kier molecular flexibility index (Phi) is 6.17. The summed E-state index contributed by atoms with van der Waals surface area (Å²) in [6.07, 6.45) is 1.67. The van der Waals surface area contributed by atoms with E-state index in [-0.39, 0.29) is 24.5 Å². The molecule has 2 rings (SSSR count). The number of hydrogen-bond acceptors (Lipinski definition) is 4. The maximum Gasteiger partial charge on any atom is 0.231 e. The third kappa shape index (κ3) is 4.52. The Balaban J connectivity index is 1.90. The van der Waals surface area contributed by atoms with E-state index in [1.165, 1.54) is 0 Å². The van der Waals surface area contributed by atoms with Crippen molar-refractivity contribution < 1.29 is 14.6 Å². The first kappa shape index (κ1) is 15.9. The minimum Gasteiger partial charge on any atom is -0.396 e. The number of amides is 1. The van der Waals surface area contributed by atoms with Crippen molar-refractivity contribution >= 4 is 11.6 Å². The number of carbonyl (C=O) groups is 1. The van der Waals surface area contributed by atoms with Crippen molar-refractivity contribution in [2.75, 3.05) is 31.7 Å². The van der Waals surface area contributed by atoms with Crippen molar-refractivity contribution in [1.29, 1.82) is 0 Å². The van der Waals surface area contributed by atoms with Crippen LogP contribution in [0, 0.1) is 5.92 Å². The van der Waals surface area contributed by atoms with E-state index in [4.69, 9.17) is 9.84 Å². The highest BCUT2D eigenvalue weighted by Gasteiger charge is 2.33. The first-order valence-corrected chi connectivity index (χ1v) is 7.56. The molecule has 2 atom stereocenters. The predicted octanol–water partition coefficient (Wildman–Crippen LogP) is 1.17. The molecule has 0 radical (unpaired) electrons. The molecule has 1 heterocycles. The molecule has 3 N–H and O–H groups in total. The quantitative estimate of drug-likeness (QED) is 0.705. The number of benzene rings is 1. The number of carbonyl (C=O) groups excluding carboxylic acids is 1. The third-order valence-electron chi connectivity index (χ3n) is 3.70. The normalized spacial score (nSPS) is 21.4. The minimum absolute atomic E-state index is 0.00369. The lowest BCUT2D eigenvalue weighted by Crippen LogP contribution is -2.41. The highest BCUT2D eigenvalue weighted by molar-refractivity contribution is 5.93. The van der Waals surface area contributed by atoms with Gasteiger partial charge in [0.15, 0.2) is 0 Å². The van der Waals surface area contributed by atoms with E-state index in [1.54, 1.807) is 0 Å². The number of aliphatic hydroxyl groups excluding tert-OH is 1. The monoisotopic (exact) mass is 292 g/mol. The average Bonchev–Trinajstić information content (AvgIpc) is 2.96. The molecule has 2 unspecified atom stereocenters. The summed E-state index contributed by atoms with van der Waals surface area (Å²) in [5.74, 6) is -0.148. The lowest BCUT2D eigenvalue weighted by atomic mass is 10.0. The second kappa shape index (κ2) is 8.12. The minimum atomic E-state index is -0.145. The Morgan fingerprint density at radius 1 is 1.33 bits per heavy atom. The van der Waals surface area contributed by atoms with Crippen LogP contribution in [-0.4, -0.2) is 43.4 Å². The van der Waals surface area contributed by atoms with E-state index in [2.05, 4.69) is 17.6 Å². The number of hydrogen-bond donors (Lipinski definition) is 3. The summed E-state index contributed by atoms with van der Waals surface area (Å²) in [6, 6.07) is 7.67. The smallest absolute Gasteiger partial charge is 0.231 e. The summed E-state index contributed by atoms with van der Waals surface area (Å²) < 4.78 is 5.43.